The molecule has 0 spiro atoms. The number of fused-ring (bicyclic) bond motifs is 1. The number of rotatable bonds is 5. The average molecular weight is 416 g/mol. The molecule has 0 bridgehead atoms. The predicted octanol–water partition coefficient (Wildman–Crippen LogP) is 4.01. The van der Waals surface area contributed by atoms with Gasteiger partial charge >= 0.3 is 0 Å². The molecular formula is C20H25N5OS2. The van der Waals surface area contributed by atoms with Gasteiger partial charge in [0.2, 0.25) is 0 Å². The van der Waals surface area contributed by atoms with E-state index < -0.39 is 0 Å². The number of carbonyl (C=O) groups excluding carboxylic acids is 1. The summed E-state index contributed by atoms with van der Waals surface area (Å²) in [6, 6.07) is 4.32. The van der Waals surface area contributed by atoms with Crippen molar-refractivity contribution in [3.05, 3.63) is 39.2 Å². The van der Waals surface area contributed by atoms with Gasteiger partial charge in [0.1, 0.15) is 17.0 Å². The number of likely N-dealkylation sites (N-methyl/N-ethyl adjacent to an activating group) is 1. The fourth-order valence-electron chi connectivity index (χ4n) is 3.61. The number of hydrogen-bond donors (Lipinski definition) is 1. The molecule has 1 aliphatic heterocycles. The van der Waals surface area contributed by atoms with E-state index in [1.165, 1.54) is 16.2 Å². The fraction of sp³-hybridized carbons (Fsp3) is 0.450. The summed E-state index contributed by atoms with van der Waals surface area (Å²) >= 11 is 3.20. The summed E-state index contributed by atoms with van der Waals surface area (Å²) in [5.41, 5.74) is 0.976. The van der Waals surface area contributed by atoms with Crippen LogP contribution in [0, 0.1) is 6.92 Å². The summed E-state index contributed by atoms with van der Waals surface area (Å²) in [5, 5.41) is 6.55. The van der Waals surface area contributed by atoms with Gasteiger partial charge in [0.25, 0.3) is 5.91 Å². The third-order valence-electron chi connectivity index (χ3n) is 5.35. The quantitative estimate of drug-likeness (QED) is 0.682. The second-order valence-electron chi connectivity index (χ2n) is 7.07. The van der Waals surface area contributed by atoms with E-state index in [9.17, 15) is 4.79 Å². The number of thiophene rings is 2. The van der Waals surface area contributed by atoms with E-state index in [1.54, 1.807) is 17.7 Å². The van der Waals surface area contributed by atoms with Gasteiger partial charge < -0.3 is 15.1 Å². The molecule has 4 rings (SSSR count). The minimum atomic E-state index is 0.119. The van der Waals surface area contributed by atoms with Crippen molar-refractivity contribution >= 4 is 44.6 Å². The first-order chi connectivity index (χ1) is 13.6. The molecule has 6 nitrogen and oxygen atoms in total. The van der Waals surface area contributed by atoms with Crippen LogP contribution in [0.1, 0.15) is 40.0 Å². The van der Waals surface area contributed by atoms with Gasteiger partial charge in [-0.05, 0) is 37.4 Å². The number of amides is 1. The minimum absolute atomic E-state index is 0.119. The van der Waals surface area contributed by atoms with Crippen LogP contribution in [0.25, 0.3) is 10.2 Å². The Bertz CT molecular complexity index is 961. The molecule has 148 valence electrons. The van der Waals surface area contributed by atoms with Crippen LogP contribution in [-0.2, 0) is 0 Å². The molecule has 1 fully saturated rings. The molecule has 0 saturated carbocycles. The highest BCUT2D eigenvalue weighted by atomic mass is 32.1. The van der Waals surface area contributed by atoms with Crippen molar-refractivity contribution in [2.24, 2.45) is 0 Å². The van der Waals surface area contributed by atoms with Crippen LogP contribution >= 0.6 is 22.7 Å². The standard InChI is InChI=1S/C20H25N5OS2/c1-4-24-7-9-25(10-8-24)20(26)17-13(2)16-18(21-12-22-19(16)28-17)23-14(3)15-6-5-11-27-15/h5-6,11-12,14H,4,7-10H2,1-3H3,(H,21,22,23)/t14-/m1/s1. The zero-order valence-corrected chi connectivity index (χ0v) is 18.1. The number of nitrogens with one attached hydrogen (secondary N) is 1. The van der Waals surface area contributed by atoms with Gasteiger partial charge in [-0.15, -0.1) is 22.7 Å². The van der Waals surface area contributed by atoms with Crippen LogP contribution in [0.5, 0.6) is 0 Å². The van der Waals surface area contributed by atoms with E-state index in [0.717, 1.165) is 59.2 Å². The molecular weight excluding hydrogens is 390 g/mol. The molecule has 1 atom stereocenters. The van der Waals surface area contributed by atoms with Crippen molar-refractivity contribution in [2.75, 3.05) is 38.0 Å². The lowest BCUT2D eigenvalue weighted by Gasteiger charge is -2.33. The second kappa shape index (κ2) is 8.14. The summed E-state index contributed by atoms with van der Waals surface area (Å²) in [4.78, 5) is 29.3. The third-order valence-corrected chi connectivity index (χ3v) is 7.59. The highest BCUT2D eigenvalue weighted by Gasteiger charge is 2.26. The Morgan fingerprint density at radius 1 is 1.29 bits per heavy atom. The molecule has 0 aliphatic carbocycles. The van der Waals surface area contributed by atoms with Crippen LogP contribution in [0.4, 0.5) is 5.82 Å². The maximum absolute atomic E-state index is 13.2. The summed E-state index contributed by atoms with van der Waals surface area (Å²) in [6.45, 7) is 10.8. The number of carbonyl (C=O) groups is 1. The van der Waals surface area contributed by atoms with Crippen molar-refractivity contribution in [1.82, 2.24) is 19.8 Å². The predicted molar refractivity (Wildman–Crippen MR) is 117 cm³/mol. The van der Waals surface area contributed by atoms with Crippen molar-refractivity contribution in [2.45, 2.75) is 26.8 Å². The Morgan fingerprint density at radius 2 is 2.07 bits per heavy atom. The normalized spacial score (nSPS) is 16.5. The van der Waals surface area contributed by atoms with E-state index in [4.69, 9.17) is 0 Å². The second-order valence-corrected chi connectivity index (χ2v) is 9.04. The first-order valence-electron chi connectivity index (χ1n) is 9.64. The maximum Gasteiger partial charge on any atom is 0.264 e. The van der Waals surface area contributed by atoms with Gasteiger partial charge in [0, 0.05) is 31.1 Å². The van der Waals surface area contributed by atoms with Gasteiger partial charge in [-0.25, -0.2) is 9.97 Å². The van der Waals surface area contributed by atoms with Crippen LogP contribution in [-0.4, -0.2) is 58.4 Å². The Balaban J connectivity index is 1.61. The lowest BCUT2D eigenvalue weighted by Crippen LogP contribution is -2.48. The molecule has 0 radical (unpaired) electrons. The Morgan fingerprint density at radius 3 is 2.75 bits per heavy atom. The zero-order valence-electron chi connectivity index (χ0n) is 16.4. The van der Waals surface area contributed by atoms with Crippen LogP contribution in [0.2, 0.25) is 0 Å². The van der Waals surface area contributed by atoms with Gasteiger partial charge in [-0.3, -0.25) is 4.79 Å². The van der Waals surface area contributed by atoms with Gasteiger partial charge in [0.05, 0.1) is 16.3 Å². The number of piperazine rings is 1. The Labute approximate surface area is 173 Å². The van der Waals surface area contributed by atoms with Gasteiger partial charge in [0.15, 0.2) is 0 Å². The Hall–Kier alpha value is -2.03. The van der Waals surface area contributed by atoms with Crippen LogP contribution in [0.15, 0.2) is 23.8 Å². The van der Waals surface area contributed by atoms with Crippen molar-refractivity contribution in [3.8, 4) is 0 Å². The molecule has 8 heteroatoms. The summed E-state index contributed by atoms with van der Waals surface area (Å²) < 4.78 is 0. The number of hydrogen-bond acceptors (Lipinski definition) is 7. The van der Waals surface area contributed by atoms with Crippen LogP contribution in [0.3, 0.4) is 0 Å². The molecule has 1 aliphatic rings. The molecule has 1 amide bonds. The number of nitrogens with zero attached hydrogens (tertiary/aromatic N) is 4. The first kappa shape index (κ1) is 19.3. The monoisotopic (exact) mass is 415 g/mol. The third kappa shape index (κ3) is 3.64. The molecule has 3 aromatic rings. The molecule has 28 heavy (non-hydrogen) atoms. The fourth-order valence-corrected chi connectivity index (χ4v) is 5.46. The van der Waals surface area contributed by atoms with Gasteiger partial charge in [-0.1, -0.05) is 13.0 Å². The van der Waals surface area contributed by atoms with E-state index in [1.807, 2.05) is 11.8 Å². The van der Waals surface area contributed by atoms with E-state index in [-0.39, 0.29) is 11.9 Å². The first-order valence-corrected chi connectivity index (χ1v) is 11.3. The maximum atomic E-state index is 13.2. The van der Waals surface area contributed by atoms with Crippen molar-refractivity contribution in [3.63, 3.8) is 0 Å². The zero-order chi connectivity index (χ0) is 19.7. The number of aryl methyl sites for hydroxylation is 1. The van der Waals surface area contributed by atoms with Crippen molar-refractivity contribution < 1.29 is 4.79 Å². The molecule has 3 aromatic heterocycles. The van der Waals surface area contributed by atoms with E-state index in [2.05, 4.69) is 51.5 Å². The van der Waals surface area contributed by atoms with E-state index in [0.29, 0.717) is 0 Å². The SMILES string of the molecule is CCN1CCN(C(=O)c2sc3ncnc(N[C@H](C)c4cccs4)c3c2C)CC1. The van der Waals surface area contributed by atoms with Gasteiger partial charge in [-0.2, -0.15) is 0 Å². The lowest BCUT2D eigenvalue weighted by atomic mass is 10.1. The Kier molecular flexibility index (Phi) is 5.61. The molecule has 1 N–H and O–H groups in total. The summed E-state index contributed by atoms with van der Waals surface area (Å²) in [7, 11) is 0. The largest absolute Gasteiger partial charge is 0.362 e. The molecule has 1 saturated heterocycles. The van der Waals surface area contributed by atoms with Crippen molar-refractivity contribution in [1.29, 1.82) is 0 Å². The molecule has 0 unspecified atom stereocenters. The summed E-state index contributed by atoms with van der Waals surface area (Å²) in [6.07, 6.45) is 1.58. The number of anilines is 1. The highest BCUT2D eigenvalue weighted by Crippen LogP contribution is 2.35. The van der Waals surface area contributed by atoms with E-state index >= 15 is 0 Å². The smallest absolute Gasteiger partial charge is 0.264 e. The topological polar surface area (TPSA) is 61.4 Å². The minimum Gasteiger partial charge on any atom is -0.362 e. The summed E-state index contributed by atoms with van der Waals surface area (Å²) in [5.74, 6) is 0.919. The molecule has 0 aromatic carbocycles. The lowest BCUT2D eigenvalue weighted by molar-refractivity contribution is 0.0647. The molecule has 4 heterocycles. The highest BCUT2D eigenvalue weighted by molar-refractivity contribution is 7.20. The number of aromatic nitrogens is 2. The van der Waals surface area contributed by atoms with Crippen LogP contribution < -0.4 is 5.32 Å². The average Bonchev–Trinajstić information content (AvgIpc) is 3.37.